The Labute approximate surface area is 189 Å². The van der Waals surface area contributed by atoms with Gasteiger partial charge in [0.05, 0.1) is 5.00 Å². The maximum Gasteiger partial charge on any atom is 0.194 e. The molecule has 1 N–H and O–H groups in total. The van der Waals surface area contributed by atoms with Crippen LogP contribution in [0.1, 0.15) is 33.0 Å². The zero-order chi connectivity index (χ0) is 21.3. The maximum absolute atomic E-state index is 4.91. The molecule has 0 aromatic carbocycles. The van der Waals surface area contributed by atoms with E-state index in [1.807, 2.05) is 11.3 Å². The van der Waals surface area contributed by atoms with Crippen molar-refractivity contribution in [2.24, 2.45) is 10.9 Å². The molecule has 3 rings (SSSR count). The summed E-state index contributed by atoms with van der Waals surface area (Å²) >= 11 is 3.49. The van der Waals surface area contributed by atoms with E-state index in [0.717, 1.165) is 75.6 Å². The minimum absolute atomic E-state index is 0.580. The van der Waals surface area contributed by atoms with E-state index >= 15 is 0 Å². The zero-order valence-electron chi connectivity index (χ0n) is 18.7. The molecule has 0 aliphatic carbocycles. The molecule has 3 heterocycles. The number of nitrogens with zero attached hydrogens (tertiary/aromatic N) is 6. The van der Waals surface area contributed by atoms with E-state index in [4.69, 9.17) is 4.99 Å². The first-order chi connectivity index (χ1) is 14.6. The molecule has 2 aromatic rings. The van der Waals surface area contributed by atoms with Gasteiger partial charge in [-0.2, -0.15) is 0 Å². The summed E-state index contributed by atoms with van der Waals surface area (Å²) in [6.07, 6.45) is 3.96. The Morgan fingerprint density at radius 2 is 2.07 bits per heavy atom. The van der Waals surface area contributed by atoms with Gasteiger partial charge in [0.2, 0.25) is 0 Å². The van der Waals surface area contributed by atoms with E-state index in [9.17, 15) is 0 Å². The summed E-state index contributed by atoms with van der Waals surface area (Å²) in [5.74, 6) is 2.70. The van der Waals surface area contributed by atoms with Crippen LogP contribution in [0.3, 0.4) is 0 Å². The van der Waals surface area contributed by atoms with Gasteiger partial charge in [0.15, 0.2) is 11.1 Å². The fourth-order valence-electron chi connectivity index (χ4n) is 3.64. The minimum Gasteiger partial charge on any atom is -0.360 e. The number of guanidine groups is 1. The third-order valence-electron chi connectivity index (χ3n) is 5.08. The van der Waals surface area contributed by atoms with Gasteiger partial charge in [-0.1, -0.05) is 25.6 Å². The molecule has 0 bridgehead atoms. The fourth-order valence-corrected chi connectivity index (χ4v) is 4.95. The zero-order valence-corrected chi connectivity index (χ0v) is 20.3. The SMILES string of the molecule is CCNC(=NCCCc1nnc(SC)n1CC(C)C)N1CCN(c2cccs2)CC1. The lowest BCUT2D eigenvalue weighted by atomic mass is 10.2. The molecule has 0 unspecified atom stereocenters. The van der Waals surface area contributed by atoms with Crippen LogP contribution in [-0.2, 0) is 13.0 Å². The normalized spacial score (nSPS) is 15.3. The smallest absolute Gasteiger partial charge is 0.194 e. The van der Waals surface area contributed by atoms with Gasteiger partial charge in [-0.05, 0) is 43.0 Å². The van der Waals surface area contributed by atoms with Crippen molar-refractivity contribution in [3.05, 3.63) is 23.3 Å². The molecule has 166 valence electrons. The maximum atomic E-state index is 4.91. The molecule has 2 aromatic heterocycles. The third-order valence-corrected chi connectivity index (χ3v) is 6.67. The highest BCUT2D eigenvalue weighted by Crippen LogP contribution is 2.22. The second-order valence-electron chi connectivity index (χ2n) is 7.87. The summed E-state index contributed by atoms with van der Waals surface area (Å²) in [6.45, 7) is 13.4. The Balaban J connectivity index is 1.53. The molecule has 1 aliphatic heterocycles. The first-order valence-corrected chi connectivity index (χ1v) is 13.0. The standard InChI is InChI=1S/C21H35N7S2/c1-5-22-20(27-13-11-26(12-14-27)19-9-7-15-30-19)23-10-6-8-18-24-25-21(29-4)28(18)16-17(2)3/h7,9,15,17H,5-6,8,10-14,16H2,1-4H3,(H,22,23). The Bertz CT molecular complexity index is 777. The second kappa shape index (κ2) is 11.6. The summed E-state index contributed by atoms with van der Waals surface area (Å²) in [7, 11) is 0. The molecule has 0 saturated carbocycles. The van der Waals surface area contributed by atoms with Gasteiger partial charge >= 0.3 is 0 Å². The number of aliphatic imine (C=N–C) groups is 1. The number of hydrogen-bond acceptors (Lipinski definition) is 6. The van der Waals surface area contributed by atoms with Crippen LogP contribution in [0.2, 0.25) is 0 Å². The molecule has 0 spiro atoms. The lowest BCUT2D eigenvalue weighted by molar-refractivity contribution is 0.373. The molecular weight excluding hydrogens is 414 g/mol. The van der Waals surface area contributed by atoms with Crippen molar-refractivity contribution in [2.45, 2.75) is 45.3 Å². The van der Waals surface area contributed by atoms with Crippen LogP contribution in [0.5, 0.6) is 0 Å². The molecule has 7 nitrogen and oxygen atoms in total. The molecule has 30 heavy (non-hydrogen) atoms. The van der Waals surface area contributed by atoms with Gasteiger partial charge in [0.1, 0.15) is 5.82 Å². The summed E-state index contributed by atoms with van der Waals surface area (Å²) < 4.78 is 2.27. The number of hydrogen-bond donors (Lipinski definition) is 1. The van der Waals surface area contributed by atoms with Gasteiger partial charge in [0.25, 0.3) is 0 Å². The van der Waals surface area contributed by atoms with Crippen LogP contribution in [0.4, 0.5) is 5.00 Å². The van der Waals surface area contributed by atoms with Crippen molar-refractivity contribution in [1.29, 1.82) is 0 Å². The Kier molecular flexibility index (Phi) is 8.87. The topological polar surface area (TPSA) is 61.6 Å². The summed E-state index contributed by atoms with van der Waals surface area (Å²) in [5.41, 5.74) is 0. The molecule has 9 heteroatoms. The first-order valence-electron chi connectivity index (χ1n) is 10.9. The van der Waals surface area contributed by atoms with E-state index in [-0.39, 0.29) is 0 Å². The van der Waals surface area contributed by atoms with E-state index in [0.29, 0.717) is 5.92 Å². The highest BCUT2D eigenvalue weighted by Gasteiger charge is 2.20. The summed E-state index contributed by atoms with van der Waals surface area (Å²) in [5, 5.41) is 16.8. The molecular formula is C21H35N7S2. The van der Waals surface area contributed by atoms with Crippen LogP contribution in [0, 0.1) is 5.92 Å². The average Bonchev–Trinajstić information content (AvgIpc) is 3.40. The fraction of sp³-hybridized carbons (Fsp3) is 0.667. The molecule has 1 saturated heterocycles. The third kappa shape index (κ3) is 6.14. The van der Waals surface area contributed by atoms with Gasteiger partial charge in [0, 0.05) is 52.2 Å². The second-order valence-corrected chi connectivity index (χ2v) is 9.57. The van der Waals surface area contributed by atoms with Crippen LogP contribution in [0.25, 0.3) is 0 Å². The van der Waals surface area contributed by atoms with E-state index in [1.54, 1.807) is 11.8 Å². The quantitative estimate of drug-likeness (QED) is 0.274. The van der Waals surface area contributed by atoms with E-state index in [1.165, 1.54) is 5.00 Å². The van der Waals surface area contributed by atoms with Gasteiger partial charge < -0.3 is 19.7 Å². The summed E-state index contributed by atoms with van der Waals surface area (Å²) in [6, 6.07) is 4.34. The van der Waals surface area contributed by atoms with Gasteiger partial charge in [-0.15, -0.1) is 21.5 Å². The first kappa shape index (κ1) is 22.9. The highest BCUT2D eigenvalue weighted by atomic mass is 32.2. The molecule has 1 fully saturated rings. The lowest BCUT2D eigenvalue weighted by Gasteiger charge is -2.37. The van der Waals surface area contributed by atoms with Crippen molar-refractivity contribution < 1.29 is 0 Å². The lowest BCUT2D eigenvalue weighted by Crippen LogP contribution is -2.52. The van der Waals surface area contributed by atoms with E-state index in [2.05, 4.69) is 74.4 Å². The molecule has 1 aliphatic rings. The minimum atomic E-state index is 0.580. The molecule has 0 atom stereocenters. The van der Waals surface area contributed by atoms with Crippen molar-refractivity contribution in [3.63, 3.8) is 0 Å². The van der Waals surface area contributed by atoms with Crippen molar-refractivity contribution in [2.75, 3.05) is 50.4 Å². The van der Waals surface area contributed by atoms with Gasteiger partial charge in [-0.3, -0.25) is 4.99 Å². The van der Waals surface area contributed by atoms with Crippen LogP contribution < -0.4 is 10.2 Å². The van der Waals surface area contributed by atoms with Crippen molar-refractivity contribution in [3.8, 4) is 0 Å². The van der Waals surface area contributed by atoms with E-state index < -0.39 is 0 Å². The highest BCUT2D eigenvalue weighted by molar-refractivity contribution is 7.98. The molecule has 0 amide bonds. The van der Waals surface area contributed by atoms with Crippen LogP contribution in [-0.4, -0.2) is 71.1 Å². The number of aromatic nitrogens is 3. The largest absolute Gasteiger partial charge is 0.360 e. The number of rotatable bonds is 9. The number of aryl methyl sites for hydroxylation is 1. The Morgan fingerprint density at radius 3 is 2.70 bits per heavy atom. The van der Waals surface area contributed by atoms with Gasteiger partial charge in [-0.25, -0.2) is 0 Å². The van der Waals surface area contributed by atoms with Crippen molar-refractivity contribution in [1.82, 2.24) is 25.0 Å². The molecule has 0 radical (unpaired) electrons. The number of nitrogens with one attached hydrogen (secondary N) is 1. The monoisotopic (exact) mass is 449 g/mol. The predicted molar refractivity (Wildman–Crippen MR) is 129 cm³/mol. The summed E-state index contributed by atoms with van der Waals surface area (Å²) in [4.78, 5) is 9.77. The number of thiophene rings is 1. The van der Waals surface area contributed by atoms with Crippen LogP contribution in [0.15, 0.2) is 27.7 Å². The number of piperazine rings is 1. The predicted octanol–water partition coefficient (Wildman–Crippen LogP) is 3.44. The van der Waals surface area contributed by atoms with Crippen LogP contribution >= 0.6 is 23.1 Å². The number of anilines is 1. The Hall–Kier alpha value is -1.74. The Morgan fingerprint density at radius 1 is 1.27 bits per heavy atom. The number of thioether (sulfide) groups is 1. The van der Waals surface area contributed by atoms with Crippen molar-refractivity contribution >= 4 is 34.1 Å². The average molecular weight is 450 g/mol.